The van der Waals surface area contributed by atoms with Gasteiger partial charge in [0, 0.05) is 43.0 Å². The van der Waals surface area contributed by atoms with Gasteiger partial charge in [-0.05, 0) is 44.2 Å². The monoisotopic (exact) mass is 453 g/mol. The molecule has 2 aromatic carbocycles. The Morgan fingerprint density at radius 1 is 1.09 bits per heavy atom. The van der Waals surface area contributed by atoms with Gasteiger partial charge in [-0.3, -0.25) is 14.5 Å². The maximum absolute atomic E-state index is 12.8. The minimum Gasteiger partial charge on any atom is -0.465 e. The second-order valence-electron chi connectivity index (χ2n) is 8.16. The molecule has 9 heteroatoms. The highest BCUT2D eigenvalue weighted by Crippen LogP contribution is 2.37. The lowest BCUT2D eigenvalue weighted by atomic mass is 10.1. The third kappa shape index (κ3) is 4.93. The van der Waals surface area contributed by atoms with Gasteiger partial charge in [0.2, 0.25) is 12.7 Å². The second kappa shape index (κ2) is 9.50. The molecule has 2 aliphatic heterocycles. The molecule has 1 atom stereocenters. The van der Waals surface area contributed by atoms with Crippen molar-refractivity contribution in [3.05, 3.63) is 47.5 Å². The number of esters is 1. The predicted molar refractivity (Wildman–Crippen MR) is 122 cm³/mol. The van der Waals surface area contributed by atoms with Crippen LogP contribution in [0.15, 0.2) is 36.4 Å². The van der Waals surface area contributed by atoms with E-state index in [4.69, 9.17) is 14.2 Å². The molecule has 0 aliphatic carbocycles. The molecule has 0 bridgehead atoms. The van der Waals surface area contributed by atoms with Gasteiger partial charge in [0.25, 0.3) is 0 Å². The molecule has 9 nitrogen and oxygen atoms in total. The van der Waals surface area contributed by atoms with Gasteiger partial charge in [0.1, 0.15) is 0 Å². The number of methoxy groups -OCH3 is 1. The minimum absolute atomic E-state index is 0.0945. The Bertz CT molecular complexity index is 1070. The summed E-state index contributed by atoms with van der Waals surface area (Å²) in [5, 5.41) is 2.86. The van der Waals surface area contributed by atoms with E-state index in [0.717, 1.165) is 18.8 Å². The van der Waals surface area contributed by atoms with Gasteiger partial charge in [-0.2, -0.15) is 0 Å². The Morgan fingerprint density at radius 3 is 2.42 bits per heavy atom. The highest BCUT2D eigenvalue weighted by atomic mass is 16.7. The van der Waals surface area contributed by atoms with Gasteiger partial charge < -0.3 is 24.4 Å². The van der Waals surface area contributed by atoms with E-state index in [1.54, 1.807) is 24.3 Å². The topological polar surface area (TPSA) is 97.4 Å². The molecule has 4 rings (SSSR count). The third-order valence-electron chi connectivity index (χ3n) is 5.93. The number of amides is 1. The van der Waals surface area contributed by atoms with Crippen LogP contribution in [0.1, 0.15) is 34.6 Å². The summed E-state index contributed by atoms with van der Waals surface area (Å²) in [7, 11) is 1.36. The Kier molecular flexibility index (Phi) is 6.50. The first-order chi connectivity index (χ1) is 15.9. The smallest absolute Gasteiger partial charge is 0.337 e. The lowest BCUT2D eigenvalue weighted by molar-refractivity contribution is -0.117. The molecule has 2 heterocycles. The molecule has 1 unspecified atom stereocenters. The van der Waals surface area contributed by atoms with E-state index < -0.39 is 0 Å². The third-order valence-corrected chi connectivity index (χ3v) is 5.93. The quantitative estimate of drug-likeness (QED) is 0.527. The maximum atomic E-state index is 12.8. The Labute approximate surface area is 192 Å². The Balaban J connectivity index is 1.37. The summed E-state index contributed by atoms with van der Waals surface area (Å²) in [6, 6.07) is 10.7. The van der Waals surface area contributed by atoms with E-state index >= 15 is 0 Å². The summed E-state index contributed by atoms with van der Waals surface area (Å²) in [5.41, 5.74) is 2.35. The number of carbonyl (C=O) groups is 3. The average Bonchev–Trinajstić information content (AvgIpc) is 3.26. The number of hydrogen-bond acceptors (Lipinski definition) is 8. The SMILES string of the molecule is COC(=O)c1ccc(N2CCN(CC(=O)Nc3cc4c(cc3C(C)=O)OCO4)C(C)C2)cc1. The zero-order valence-corrected chi connectivity index (χ0v) is 18.9. The van der Waals surface area contributed by atoms with Crippen molar-refractivity contribution in [1.82, 2.24) is 4.90 Å². The van der Waals surface area contributed by atoms with Crippen molar-refractivity contribution in [3.8, 4) is 11.5 Å². The minimum atomic E-state index is -0.360. The summed E-state index contributed by atoms with van der Waals surface area (Å²) >= 11 is 0. The van der Waals surface area contributed by atoms with Gasteiger partial charge in [-0.1, -0.05) is 0 Å². The molecule has 0 saturated carbocycles. The van der Waals surface area contributed by atoms with Crippen molar-refractivity contribution in [2.45, 2.75) is 19.9 Å². The highest BCUT2D eigenvalue weighted by Gasteiger charge is 2.27. The van der Waals surface area contributed by atoms with E-state index in [1.807, 2.05) is 12.1 Å². The molecular formula is C24H27N3O6. The van der Waals surface area contributed by atoms with Gasteiger partial charge in [0.05, 0.1) is 24.9 Å². The molecule has 1 fully saturated rings. The molecule has 1 N–H and O–H groups in total. The number of ketones is 1. The van der Waals surface area contributed by atoms with Crippen LogP contribution in [0, 0.1) is 0 Å². The van der Waals surface area contributed by atoms with E-state index in [2.05, 4.69) is 22.0 Å². The Morgan fingerprint density at radius 2 is 1.79 bits per heavy atom. The number of nitrogens with zero attached hydrogens (tertiary/aromatic N) is 2. The van der Waals surface area contributed by atoms with E-state index in [-0.39, 0.29) is 37.0 Å². The van der Waals surface area contributed by atoms with Crippen LogP contribution in [0.4, 0.5) is 11.4 Å². The molecule has 0 aromatic heterocycles. The van der Waals surface area contributed by atoms with Crippen molar-refractivity contribution in [2.75, 3.05) is 50.3 Å². The van der Waals surface area contributed by atoms with Crippen LogP contribution < -0.4 is 19.7 Å². The van der Waals surface area contributed by atoms with Crippen LogP contribution in [-0.2, 0) is 9.53 Å². The molecule has 1 saturated heterocycles. The number of benzene rings is 2. The molecule has 2 aliphatic rings. The van der Waals surface area contributed by atoms with Crippen LogP contribution in [-0.4, -0.2) is 68.7 Å². The number of anilines is 2. The molecule has 0 spiro atoms. The first-order valence-electron chi connectivity index (χ1n) is 10.8. The van der Waals surface area contributed by atoms with E-state index in [9.17, 15) is 14.4 Å². The van der Waals surface area contributed by atoms with Crippen molar-refractivity contribution < 1.29 is 28.6 Å². The van der Waals surface area contributed by atoms with Gasteiger partial charge in [0.15, 0.2) is 17.3 Å². The first-order valence-corrected chi connectivity index (χ1v) is 10.8. The number of rotatable bonds is 6. The number of piperazine rings is 1. The fraction of sp³-hybridized carbons (Fsp3) is 0.375. The highest BCUT2D eigenvalue weighted by molar-refractivity contribution is 6.05. The van der Waals surface area contributed by atoms with E-state index in [1.165, 1.54) is 14.0 Å². The van der Waals surface area contributed by atoms with Crippen LogP contribution in [0.3, 0.4) is 0 Å². The molecule has 2 aromatic rings. The lowest BCUT2D eigenvalue weighted by Gasteiger charge is -2.40. The molecule has 1 amide bonds. The van der Waals surface area contributed by atoms with Crippen LogP contribution in [0.25, 0.3) is 0 Å². The predicted octanol–water partition coefficient (Wildman–Crippen LogP) is 2.55. The molecule has 174 valence electrons. The first kappa shape index (κ1) is 22.6. The summed E-state index contributed by atoms with van der Waals surface area (Å²) in [4.78, 5) is 40.8. The van der Waals surface area contributed by atoms with Crippen molar-refractivity contribution >= 4 is 29.0 Å². The number of nitrogens with one attached hydrogen (secondary N) is 1. The standard InChI is InChI=1S/C24H27N3O6/c1-15-12-27(18-6-4-17(5-7-18)24(30)31-3)9-8-26(15)13-23(29)25-20-11-22-21(32-14-33-22)10-19(20)16(2)28/h4-7,10-11,15H,8-9,12-14H2,1-3H3,(H,25,29). The number of ether oxygens (including phenoxy) is 3. The van der Waals surface area contributed by atoms with E-state index in [0.29, 0.717) is 34.9 Å². The number of fused-ring (bicyclic) bond motifs is 1. The number of Topliss-reactive ketones (excluding diaryl/α,β-unsaturated/α-hetero) is 1. The largest absolute Gasteiger partial charge is 0.465 e. The second-order valence-corrected chi connectivity index (χ2v) is 8.16. The molecule has 33 heavy (non-hydrogen) atoms. The van der Waals surface area contributed by atoms with Crippen molar-refractivity contribution in [1.29, 1.82) is 0 Å². The van der Waals surface area contributed by atoms with Crippen molar-refractivity contribution in [3.63, 3.8) is 0 Å². The fourth-order valence-corrected chi connectivity index (χ4v) is 4.10. The zero-order valence-electron chi connectivity index (χ0n) is 18.9. The fourth-order valence-electron chi connectivity index (χ4n) is 4.10. The Hall–Kier alpha value is -3.59. The summed E-state index contributed by atoms with van der Waals surface area (Å²) in [6.45, 7) is 6.02. The number of carbonyl (C=O) groups excluding carboxylic acids is 3. The van der Waals surface area contributed by atoms with Crippen molar-refractivity contribution in [2.24, 2.45) is 0 Å². The van der Waals surface area contributed by atoms with Crippen LogP contribution in [0.2, 0.25) is 0 Å². The normalized spacial score (nSPS) is 17.5. The van der Waals surface area contributed by atoms with Crippen LogP contribution in [0.5, 0.6) is 11.5 Å². The summed E-state index contributed by atoms with van der Waals surface area (Å²) in [6.07, 6.45) is 0. The summed E-state index contributed by atoms with van der Waals surface area (Å²) < 4.78 is 15.5. The summed E-state index contributed by atoms with van der Waals surface area (Å²) in [5.74, 6) is 0.294. The van der Waals surface area contributed by atoms with Gasteiger partial charge >= 0.3 is 5.97 Å². The van der Waals surface area contributed by atoms with Gasteiger partial charge in [-0.15, -0.1) is 0 Å². The average molecular weight is 453 g/mol. The van der Waals surface area contributed by atoms with Crippen LogP contribution >= 0.6 is 0 Å². The molecular weight excluding hydrogens is 426 g/mol. The maximum Gasteiger partial charge on any atom is 0.337 e. The molecule has 0 radical (unpaired) electrons. The number of hydrogen-bond donors (Lipinski definition) is 1. The van der Waals surface area contributed by atoms with Gasteiger partial charge in [-0.25, -0.2) is 4.79 Å². The lowest BCUT2D eigenvalue weighted by Crippen LogP contribution is -2.53. The zero-order chi connectivity index (χ0) is 23.5.